The molecular weight excluding hydrogens is 214 g/mol. The smallest absolute Gasteiger partial charge is 0.126 e. The van der Waals surface area contributed by atoms with E-state index in [1.165, 1.54) is 7.11 Å². The minimum atomic E-state index is -0.895. The second kappa shape index (κ2) is 4.89. The highest BCUT2D eigenvalue weighted by Crippen LogP contribution is 2.20. The first-order chi connectivity index (χ1) is 7.36. The fraction of sp³-hybridized carbons (Fsp3) is 0.500. The van der Waals surface area contributed by atoms with Crippen LogP contribution in [-0.2, 0) is 11.2 Å². The van der Waals surface area contributed by atoms with Gasteiger partial charge in [0.15, 0.2) is 0 Å². The molecule has 0 saturated carbocycles. The van der Waals surface area contributed by atoms with Crippen molar-refractivity contribution in [1.29, 1.82) is 0 Å². The SMILES string of the molecule is COC(C)(C)C(O)Cc1cc(F)ccc1F. The quantitative estimate of drug-likeness (QED) is 0.860. The molecule has 0 aliphatic rings. The Labute approximate surface area is 93.9 Å². The molecule has 0 spiro atoms. The second-order valence-corrected chi connectivity index (χ2v) is 4.26. The molecule has 0 aliphatic heterocycles. The van der Waals surface area contributed by atoms with E-state index in [9.17, 15) is 13.9 Å². The number of hydrogen-bond donors (Lipinski definition) is 1. The van der Waals surface area contributed by atoms with Crippen LogP contribution < -0.4 is 0 Å². The number of methoxy groups -OCH3 is 1. The second-order valence-electron chi connectivity index (χ2n) is 4.26. The van der Waals surface area contributed by atoms with E-state index in [0.29, 0.717) is 0 Å². The Balaban J connectivity index is 2.84. The van der Waals surface area contributed by atoms with Crippen molar-refractivity contribution in [3.05, 3.63) is 35.4 Å². The van der Waals surface area contributed by atoms with Crippen molar-refractivity contribution >= 4 is 0 Å². The lowest BCUT2D eigenvalue weighted by Gasteiger charge is -2.29. The normalized spacial score (nSPS) is 13.9. The van der Waals surface area contributed by atoms with Crippen molar-refractivity contribution in [1.82, 2.24) is 0 Å². The van der Waals surface area contributed by atoms with Gasteiger partial charge in [-0.15, -0.1) is 0 Å². The monoisotopic (exact) mass is 230 g/mol. The van der Waals surface area contributed by atoms with E-state index in [1.54, 1.807) is 13.8 Å². The van der Waals surface area contributed by atoms with E-state index in [2.05, 4.69) is 0 Å². The number of aliphatic hydroxyl groups is 1. The number of ether oxygens (including phenoxy) is 1. The maximum atomic E-state index is 13.3. The maximum absolute atomic E-state index is 13.3. The Morgan fingerprint density at radius 3 is 2.56 bits per heavy atom. The highest BCUT2D eigenvalue weighted by atomic mass is 19.1. The van der Waals surface area contributed by atoms with Crippen LogP contribution in [0.2, 0.25) is 0 Å². The Morgan fingerprint density at radius 1 is 1.38 bits per heavy atom. The van der Waals surface area contributed by atoms with E-state index in [0.717, 1.165) is 18.2 Å². The van der Waals surface area contributed by atoms with Gasteiger partial charge in [-0.2, -0.15) is 0 Å². The molecule has 0 fully saturated rings. The number of hydrogen-bond acceptors (Lipinski definition) is 2. The zero-order chi connectivity index (χ0) is 12.3. The summed E-state index contributed by atoms with van der Waals surface area (Å²) in [4.78, 5) is 0. The summed E-state index contributed by atoms with van der Waals surface area (Å²) < 4.78 is 31.3. The minimum absolute atomic E-state index is 0.0183. The molecule has 1 unspecified atom stereocenters. The van der Waals surface area contributed by atoms with Crippen molar-refractivity contribution < 1.29 is 18.6 Å². The molecule has 1 aromatic rings. The summed E-state index contributed by atoms with van der Waals surface area (Å²) in [6, 6.07) is 3.19. The zero-order valence-corrected chi connectivity index (χ0v) is 9.63. The lowest BCUT2D eigenvalue weighted by Crippen LogP contribution is -2.39. The van der Waals surface area contributed by atoms with Crippen LogP contribution in [0, 0.1) is 11.6 Å². The Kier molecular flexibility index (Phi) is 3.99. The molecule has 16 heavy (non-hydrogen) atoms. The molecule has 1 atom stereocenters. The maximum Gasteiger partial charge on any atom is 0.126 e. The number of halogens is 2. The third-order valence-electron chi connectivity index (χ3n) is 2.75. The summed E-state index contributed by atoms with van der Waals surface area (Å²) in [7, 11) is 1.46. The molecule has 0 amide bonds. The van der Waals surface area contributed by atoms with Gasteiger partial charge in [-0.3, -0.25) is 0 Å². The zero-order valence-electron chi connectivity index (χ0n) is 9.63. The summed E-state index contributed by atoms with van der Waals surface area (Å²) in [5, 5.41) is 9.83. The molecular formula is C12H16F2O2. The first kappa shape index (κ1) is 13.1. The van der Waals surface area contributed by atoms with Crippen molar-refractivity contribution in [2.45, 2.75) is 32.0 Å². The minimum Gasteiger partial charge on any atom is -0.390 e. The van der Waals surface area contributed by atoms with Crippen LogP contribution in [0.15, 0.2) is 18.2 Å². The number of rotatable bonds is 4. The molecule has 1 aromatic carbocycles. The van der Waals surface area contributed by atoms with E-state index >= 15 is 0 Å². The molecule has 0 radical (unpaired) electrons. The van der Waals surface area contributed by atoms with Gasteiger partial charge in [-0.1, -0.05) is 0 Å². The summed E-state index contributed by atoms with van der Waals surface area (Å²) in [6.07, 6.45) is -0.876. The Hall–Kier alpha value is -1.00. The lowest BCUT2D eigenvalue weighted by atomic mass is 9.95. The molecule has 0 heterocycles. The molecule has 4 heteroatoms. The third kappa shape index (κ3) is 3.00. The molecule has 90 valence electrons. The molecule has 0 bridgehead atoms. The van der Waals surface area contributed by atoms with Gasteiger partial charge in [0.25, 0.3) is 0 Å². The van der Waals surface area contributed by atoms with Crippen LogP contribution in [-0.4, -0.2) is 23.9 Å². The fourth-order valence-electron chi connectivity index (χ4n) is 1.29. The van der Waals surface area contributed by atoms with E-state index in [-0.39, 0.29) is 12.0 Å². The van der Waals surface area contributed by atoms with Gasteiger partial charge in [0.1, 0.15) is 11.6 Å². The molecule has 0 aliphatic carbocycles. The molecule has 1 rings (SSSR count). The van der Waals surface area contributed by atoms with Crippen LogP contribution >= 0.6 is 0 Å². The van der Waals surface area contributed by atoms with E-state index in [1.807, 2.05) is 0 Å². The highest BCUT2D eigenvalue weighted by molar-refractivity contribution is 5.20. The van der Waals surface area contributed by atoms with Gasteiger partial charge in [0.05, 0.1) is 11.7 Å². The van der Waals surface area contributed by atoms with Crippen LogP contribution in [0.5, 0.6) is 0 Å². The molecule has 0 saturated heterocycles. The van der Waals surface area contributed by atoms with E-state index < -0.39 is 23.3 Å². The summed E-state index contributed by atoms with van der Waals surface area (Å²) in [6.45, 7) is 3.38. The standard InChI is InChI=1S/C12H16F2O2/c1-12(2,16-3)11(15)7-8-6-9(13)4-5-10(8)14/h4-6,11,15H,7H2,1-3H3. The van der Waals surface area contributed by atoms with Crippen LogP contribution in [0.4, 0.5) is 8.78 Å². The third-order valence-corrected chi connectivity index (χ3v) is 2.75. The highest BCUT2D eigenvalue weighted by Gasteiger charge is 2.28. The van der Waals surface area contributed by atoms with Gasteiger partial charge in [0, 0.05) is 13.5 Å². The van der Waals surface area contributed by atoms with Crippen molar-refractivity contribution in [3.8, 4) is 0 Å². The fourth-order valence-corrected chi connectivity index (χ4v) is 1.29. The number of benzene rings is 1. The average Bonchev–Trinajstić information content (AvgIpc) is 2.23. The van der Waals surface area contributed by atoms with E-state index in [4.69, 9.17) is 4.74 Å². The lowest BCUT2D eigenvalue weighted by molar-refractivity contribution is -0.0767. The molecule has 0 aromatic heterocycles. The van der Waals surface area contributed by atoms with Gasteiger partial charge in [-0.05, 0) is 37.6 Å². The van der Waals surface area contributed by atoms with Gasteiger partial charge in [-0.25, -0.2) is 8.78 Å². The van der Waals surface area contributed by atoms with Gasteiger partial charge < -0.3 is 9.84 Å². The van der Waals surface area contributed by atoms with Crippen molar-refractivity contribution in [2.24, 2.45) is 0 Å². The Bertz CT molecular complexity index is 364. The molecule has 2 nitrogen and oxygen atoms in total. The van der Waals surface area contributed by atoms with Crippen LogP contribution in [0.3, 0.4) is 0 Å². The van der Waals surface area contributed by atoms with Crippen molar-refractivity contribution in [2.75, 3.05) is 7.11 Å². The summed E-state index contributed by atoms with van der Waals surface area (Å²) in [5.41, 5.74) is -0.642. The predicted molar refractivity (Wildman–Crippen MR) is 57.2 cm³/mol. The topological polar surface area (TPSA) is 29.5 Å². The average molecular weight is 230 g/mol. The van der Waals surface area contributed by atoms with Gasteiger partial charge in [0.2, 0.25) is 0 Å². The van der Waals surface area contributed by atoms with Crippen LogP contribution in [0.1, 0.15) is 19.4 Å². The Morgan fingerprint density at radius 2 is 2.00 bits per heavy atom. The van der Waals surface area contributed by atoms with Gasteiger partial charge >= 0.3 is 0 Å². The first-order valence-electron chi connectivity index (χ1n) is 5.04. The predicted octanol–water partition coefficient (Wildman–Crippen LogP) is 2.29. The van der Waals surface area contributed by atoms with Crippen LogP contribution in [0.25, 0.3) is 0 Å². The summed E-state index contributed by atoms with van der Waals surface area (Å²) >= 11 is 0. The molecule has 1 N–H and O–H groups in total. The van der Waals surface area contributed by atoms with Crippen molar-refractivity contribution in [3.63, 3.8) is 0 Å². The largest absolute Gasteiger partial charge is 0.390 e. The number of aliphatic hydroxyl groups excluding tert-OH is 1. The summed E-state index contributed by atoms with van der Waals surface area (Å²) in [5.74, 6) is -1.04. The first-order valence-corrected chi connectivity index (χ1v) is 5.04.